The molecule has 3 N–H and O–H groups in total. The van der Waals surface area contributed by atoms with Crippen LogP contribution in [-0.2, 0) is 0 Å². The van der Waals surface area contributed by atoms with E-state index in [9.17, 15) is 4.79 Å². The third kappa shape index (κ3) is 6.04. The highest BCUT2D eigenvalue weighted by molar-refractivity contribution is 6.30. The number of amides is 1. The van der Waals surface area contributed by atoms with Crippen molar-refractivity contribution in [2.24, 2.45) is 9.98 Å². The Balaban J connectivity index is 1.40. The Labute approximate surface area is 207 Å². The summed E-state index contributed by atoms with van der Waals surface area (Å²) in [6.45, 7) is 10.3. The molecular weight excluding hydrogens is 436 g/mol. The smallest absolute Gasteiger partial charge is 0.257 e. The van der Waals surface area contributed by atoms with E-state index in [0.29, 0.717) is 5.56 Å². The second-order valence-electron chi connectivity index (χ2n) is 9.36. The molecule has 7 heteroatoms. The number of aliphatic imine (C=N–C) groups is 2. The number of allylic oxidation sites excluding steroid dienone is 2. The van der Waals surface area contributed by atoms with Crippen LogP contribution in [0.5, 0.6) is 0 Å². The molecule has 0 bridgehead atoms. The predicted molar refractivity (Wildman–Crippen MR) is 144 cm³/mol. The zero-order valence-corrected chi connectivity index (χ0v) is 21.1. The van der Waals surface area contributed by atoms with Crippen molar-refractivity contribution < 1.29 is 4.79 Å². The highest BCUT2D eigenvalue weighted by Crippen LogP contribution is 2.26. The van der Waals surface area contributed by atoms with Crippen molar-refractivity contribution >= 4 is 29.5 Å². The molecular formula is C28H34N6O. The van der Waals surface area contributed by atoms with Gasteiger partial charge in [0, 0.05) is 17.9 Å². The largest absolute Gasteiger partial charge is 0.368 e. The number of aromatic nitrogens is 1. The average molecular weight is 471 g/mol. The fourth-order valence-corrected chi connectivity index (χ4v) is 4.15. The molecule has 0 radical (unpaired) electrons. The summed E-state index contributed by atoms with van der Waals surface area (Å²) in [5.41, 5.74) is 5.59. The highest BCUT2D eigenvalue weighted by Gasteiger charge is 2.21. The number of benzene rings is 1. The Hall–Kier alpha value is -3.74. The van der Waals surface area contributed by atoms with Crippen LogP contribution in [0.4, 0.5) is 11.5 Å². The summed E-state index contributed by atoms with van der Waals surface area (Å²) >= 11 is 0. The van der Waals surface area contributed by atoms with Gasteiger partial charge in [-0.05, 0) is 75.9 Å². The Kier molecular flexibility index (Phi) is 7.44. The number of fused-ring (bicyclic) bond motifs is 1. The Bertz CT molecular complexity index is 1220. The lowest BCUT2D eigenvalue weighted by Crippen LogP contribution is -2.32. The molecule has 1 amide bonds. The second kappa shape index (κ2) is 10.7. The first-order valence-corrected chi connectivity index (χ1v) is 12.3. The highest BCUT2D eigenvalue weighted by atomic mass is 16.1. The summed E-state index contributed by atoms with van der Waals surface area (Å²) in [5, 5.41) is 9.74. The van der Waals surface area contributed by atoms with Gasteiger partial charge in [-0.25, -0.2) is 4.98 Å². The van der Waals surface area contributed by atoms with Crippen molar-refractivity contribution in [3.63, 3.8) is 0 Å². The van der Waals surface area contributed by atoms with E-state index in [2.05, 4.69) is 65.8 Å². The van der Waals surface area contributed by atoms with Gasteiger partial charge in [-0.1, -0.05) is 30.7 Å². The molecule has 7 nitrogen and oxygen atoms in total. The van der Waals surface area contributed by atoms with Crippen molar-refractivity contribution in [2.45, 2.75) is 65.6 Å². The summed E-state index contributed by atoms with van der Waals surface area (Å²) in [6, 6.07) is 10.1. The van der Waals surface area contributed by atoms with Gasteiger partial charge < -0.3 is 16.0 Å². The minimum Gasteiger partial charge on any atom is -0.368 e. The Morgan fingerprint density at radius 1 is 1.17 bits per heavy atom. The number of hydrogen-bond donors (Lipinski definition) is 3. The van der Waals surface area contributed by atoms with Crippen LogP contribution < -0.4 is 16.0 Å². The third-order valence-electron chi connectivity index (χ3n) is 6.09. The molecule has 1 aromatic heterocycles. The second-order valence-corrected chi connectivity index (χ2v) is 9.36. The number of carbonyl (C=O) groups excluding carboxylic acids is 1. The molecule has 0 fully saturated rings. The number of anilines is 2. The normalized spacial score (nSPS) is 17.7. The number of amidine groups is 1. The molecule has 1 aromatic carbocycles. The van der Waals surface area contributed by atoms with Gasteiger partial charge in [0.25, 0.3) is 5.91 Å². The molecule has 35 heavy (non-hydrogen) atoms. The molecule has 182 valence electrons. The third-order valence-corrected chi connectivity index (χ3v) is 6.09. The summed E-state index contributed by atoms with van der Waals surface area (Å²) < 4.78 is 0. The lowest BCUT2D eigenvalue weighted by Gasteiger charge is -2.24. The van der Waals surface area contributed by atoms with Gasteiger partial charge in [-0.15, -0.1) is 0 Å². The Morgan fingerprint density at radius 3 is 2.74 bits per heavy atom. The van der Waals surface area contributed by atoms with Gasteiger partial charge >= 0.3 is 0 Å². The monoisotopic (exact) mass is 470 g/mol. The average Bonchev–Trinajstić information content (AvgIpc) is 2.84. The van der Waals surface area contributed by atoms with Gasteiger partial charge in [0.15, 0.2) is 0 Å². The van der Waals surface area contributed by atoms with Gasteiger partial charge in [0.1, 0.15) is 11.7 Å². The molecule has 1 aliphatic carbocycles. The van der Waals surface area contributed by atoms with Crippen molar-refractivity contribution in [3.05, 3.63) is 76.6 Å². The summed E-state index contributed by atoms with van der Waals surface area (Å²) in [6.07, 6.45) is 9.70. The van der Waals surface area contributed by atoms with Crippen LogP contribution in [-0.4, -0.2) is 35.0 Å². The Morgan fingerprint density at radius 2 is 2.00 bits per heavy atom. The van der Waals surface area contributed by atoms with Crippen LogP contribution in [0.25, 0.3) is 0 Å². The van der Waals surface area contributed by atoms with Crippen LogP contribution in [0.2, 0.25) is 0 Å². The number of hydrogen-bond acceptors (Lipinski definition) is 6. The summed E-state index contributed by atoms with van der Waals surface area (Å²) in [7, 11) is 0. The maximum absolute atomic E-state index is 12.8. The molecule has 2 heterocycles. The molecule has 4 rings (SSSR count). The molecule has 0 spiro atoms. The topological polar surface area (TPSA) is 90.8 Å². The molecule has 0 saturated heterocycles. The number of nitrogens with one attached hydrogen (secondary N) is 3. The van der Waals surface area contributed by atoms with Crippen LogP contribution in [0.1, 0.15) is 68.1 Å². The van der Waals surface area contributed by atoms with Crippen molar-refractivity contribution in [1.29, 1.82) is 0 Å². The van der Waals surface area contributed by atoms with Crippen LogP contribution in [0.15, 0.2) is 69.9 Å². The molecule has 2 aromatic rings. The fourth-order valence-electron chi connectivity index (χ4n) is 4.15. The molecule has 2 atom stereocenters. The van der Waals surface area contributed by atoms with Crippen LogP contribution >= 0.6 is 0 Å². The predicted octanol–water partition coefficient (Wildman–Crippen LogP) is 5.59. The maximum Gasteiger partial charge on any atom is 0.257 e. The van der Waals surface area contributed by atoms with E-state index in [1.807, 2.05) is 37.3 Å². The SMILES string of the molecule is CCC1=CCC2N=C(N[C@@H](C)c3cccc(NC(=O)c4cnc(NC(C)C)c(C)c4)c3)C=NC2=C1. The molecule has 2 aliphatic rings. The van der Waals surface area contributed by atoms with E-state index in [-0.39, 0.29) is 24.0 Å². The van der Waals surface area contributed by atoms with E-state index in [1.165, 1.54) is 5.57 Å². The number of nitrogens with zero attached hydrogens (tertiary/aromatic N) is 3. The molecule has 1 unspecified atom stereocenters. The number of pyridine rings is 1. The first kappa shape index (κ1) is 24.4. The minimum absolute atomic E-state index is 0.00165. The zero-order chi connectivity index (χ0) is 24.9. The van der Waals surface area contributed by atoms with E-state index in [0.717, 1.165) is 47.0 Å². The zero-order valence-electron chi connectivity index (χ0n) is 21.1. The lowest BCUT2D eigenvalue weighted by molar-refractivity contribution is 0.102. The summed E-state index contributed by atoms with van der Waals surface area (Å²) in [5.74, 6) is 1.39. The van der Waals surface area contributed by atoms with E-state index in [4.69, 9.17) is 4.99 Å². The number of carbonyl (C=O) groups is 1. The fraction of sp³-hybridized carbons (Fsp3) is 0.357. The molecule has 1 aliphatic heterocycles. The number of rotatable bonds is 7. The molecule has 0 saturated carbocycles. The first-order chi connectivity index (χ1) is 16.8. The van der Waals surface area contributed by atoms with Crippen LogP contribution in [0.3, 0.4) is 0 Å². The standard InChI is InChI=1S/C28H34N6O/c1-6-20-10-11-24-25(13-20)29-16-26(34-24)32-19(5)21-8-7-9-23(14-21)33-28(35)22-12-18(4)27(30-15-22)31-17(2)3/h7-10,12-17,19,24H,6,11H2,1-5H3,(H,30,31)(H,32,34)(H,33,35)/t19-,24?/m0/s1. The lowest BCUT2D eigenvalue weighted by atomic mass is 9.98. The number of aryl methyl sites for hydroxylation is 1. The summed E-state index contributed by atoms with van der Waals surface area (Å²) in [4.78, 5) is 26.7. The van der Waals surface area contributed by atoms with Crippen molar-refractivity contribution in [1.82, 2.24) is 10.3 Å². The van der Waals surface area contributed by atoms with Crippen LogP contribution in [0, 0.1) is 6.92 Å². The maximum atomic E-state index is 12.8. The van der Waals surface area contributed by atoms with Gasteiger partial charge in [-0.2, -0.15) is 0 Å². The minimum atomic E-state index is -0.186. The van der Waals surface area contributed by atoms with Gasteiger partial charge in [0.2, 0.25) is 0 Å². The van der Waals surface area contributed by atoms with Gasteiger partial charge in [-0.3, -0.25) is 14.8 Å². The van der Waals surface area contributed by atoms with E-state index in [1.54, 1.807) is 12.4 Å². The van der Waals surface area contributed by atoms with Crippen molar-refractivity contribution in [3.8, 4) is 0 Å². The quantitative estimate of drug-likeness (QED) is 0.492. The van der Waals surface area contributed by atoms with Gasteiger partial charge in [0.05, 0.1) is 29.6 Å². The van der Waals surface area contributed by atoms with E-state index >= 15 is 0 Å². The van der Waals surface area contributed by atoms with E-state index < -0.39 is 0 Å². The van der Waals surface area contributed by atoms with Crippen molar-refractivity contribution in [2.75, 3.05) is 10.6 Å². The first-order valence-electron chi connectivity index (χ1n) is 12.3.